The first-order valence-electron chi connectivity index (χ1n) is 13.6. The average molecular weight is 703 g/mol. The van der Waals surface area contributed by atoms with Gasteiger partial charge in [-0.1, -0.05) is 50.0 Å². The Hall–Kier alpha value is -2.56. The molecule has 17 heteroatoms. The lowest BCUT2D eigenvalue weighted by atomic mass is 9.62. The summed E-state index contributed by atoms with van der Waals surface area (Å²) in [4.78, 5) is 28.2. The van der Waals surface area contributed by atoms with Gasteiger partial charge in [0.2, 0.25) is 11.8 Å². The summed E-state index contributed by atoms with van der Waals surface area (Å²) in [6.45, 7) is 3.60. The molecule has 5 atom stereocenters. The second-order valence-corrected chi connectivity index (χ2v) is 14.9. The van der Waals surface area contributed by atoms with E-state index in [1.807, 2.05) is 0 Å². The number of aliphatic hydroxyl groups is 2. The second kappa shape index (κ2) is 12.2. The van der Waals surface area contributed by atoms with Crippen molar-refractivity contribution >= 4 is 50.7 Å². The first kappa shape index (κ1) is 35.3. The Morgan fingerprint density at radius 2 is 1.73 bits per heavy atom. The summed E-state index contributed by atoms with van der Waals surface area (Å²) < 4.78 is 99.9. The molecule has 1 saturated heterocycles. The number of benzene rings is 2. The van der Waals surface area contributed by atoms with E-state index in [0.717, 1.165) is 30.3 Å². The molecule has 1 spiro atoms. The monoisotopic (exact) mass is 701 g/mol. The Bertz CT molecular complexity index is 1620. The van der Waals surface area contributed by atoms with E-state index in [4.69, 9.17) is 28.3 Å². The normalized spacial score (nSPS) is 24.5. The van der Waals surface area contributed by atoms with Crippen molar-refractivity contribution < 1.29 is 50.2 Å². The molecule has 2 aliphatic heterocycles. The summed E-state index contributed by atoms with van der Waals surface area (Å²) in [6, 6.07) is 0.403. The minimum absolute atomic E-state index is 0.0564. The number of alkyl halides is 3. The predicted octanol–water partition coefficient (Wildman–Crippen LogP) is 4.44. The fraction of sp³-hybridized carbons (Fsp3) is 0.500. The van der Waals surface area contributed by atoms with E-state index < -0.39 is 104 Å². The van der Waals surface area contributed by atoms with Crippen LogP contribution in [0.5, 0.6) is 0 Å². The summed E-state index contributed by atoms with van der Waals surface area (Å²) in [6.07, 6.45) is -2.04. The Kier molecular flexibility index (Phi) is 9.59. The molecule has 248 valence electrons. The number of aliphatic hydroxyl groups excluding tert-OH is 2. The third-order valence-corrected chi connectivity index (χ3v) is 10.2. The molecule has 2 heterocycles. The van der Waals surface area contributed by atoms with Gasteiger partial charge >= 0.3 is 15.5 Å². The number of halogens is 7. The molecule has 0 unspecified atom stereocenters. The molecule has 45 heavy (non-hydrogen) atoms. The highest BCUT2D eigenvalue weighted by Crippen LogP contribution is 2.61. The zero-order valence-electron chi connectivity index (χ0n) is 24.1. The molecule has 0 bridgehead atoms. The van der Waals surface area contributed by atoms with Crippen molar-refractivity contribution in [1.29, 1.82) is 0 Å². The van der Waals surface area contributed by atoms with Gasteiger partial charge in [0, 0.05) is 24.2 Å². The predicted molar refractivity (Wildman–Crippen MR) is 155 cm³/mol. The first-order chi connectivity index (χ1) is 20.7. The van der Waals surface area contributed by atoms with Crippen LogP contribution in [0.2, 0.25) is 10.0 Å². The summed E-state index contributed by atoms with van der Waals surface area (Å²) in [5.41, 5.74) is -9.93. The van der Waals surface area contributed by atoms with Crippen LogP contribution in [0.25, 0.3) is 0 Å². The van der Waals surface area contributed by atoms with E-state index in [0.29, 0.717) is 0 Å². The molecule has 0 radical (unpaired) electrons. The van der Waals surface area contributed by atoms with Gasteiger partial charge in [-0.2, -0.15) is 17.5 Å². The number of hydrogen-bond acceptors (Lipinski definition) is 6. The van der Waals surface area contributed by atoms with Gasteiger partial charge in [-0.05, 0) is 53.6 Å². The number of anilines is 1. The number of amides is 2. The van der Waals surface area contributed by atoms with Gasteiger partial charge in [0.15, 0.2) is 0 Å². The Morgan fingerprint density at radius 3 is 2.29 bits per heavy atom. The summed E-state index contributed by atoms with van der Waals surface area (Å²) >= 11 is 12.0. The van der Waals surface area contributed by atoms with Crippen LogP contribution in [0.4, 0.5) is 27.6 Å². The molecule has 4 N–H and O–H groups in total. The standard InChI is InChI=1S/C28H30Cl2F5N3O6S/c1-26(2,3)11-21-27(15-9-19(32)17(30)10-20(15)37-25(27)42)22(13-4-5-18(31)16(29)8-13)23(24(41)36-7-6-14(40)12-39)38(21)45(43,44)28(33,34)35/h4-5,8-10,14,21-23,39-40H,6-7,11-12H2,1-3H3,(H,36,41)(H,37,42)/t14-,21+,22-,23-,27-/m0/s1. The van der Waals surface area contributed by atoms with Crippen LogP contribution >= 0.6 is 23.2 Å². The van der Waals surface area contributed by atoms with E-state index in [1.165, 1.54) is 0 Å². The van der Waals surface area contributed by atoms with Crippen LogP contribution in [0.3, 0.4) is 0 Å². The lowest BCUT2D eigenvalue weighted by Crippen LogP contribution is -2.56. The highest BCUT2D eigenvalue weighted by Gasteiger charge is 2.73. The van der Waals surface area contributed by atoms with Crippen LogP contribution in [0.15, 0.2) is 30.3 Å². The fourth-order valence-electron chi connectivity index (χ4n) is 6.22. The second-order valence-electron chi connectivity index (χ2n) is 12.2. The highest BCUT2D eigenvalue weighted by atomic mass is 35.5. The molecular formula is C28H30Cl2F5N3O6S. The zero-order valence-corrected chi connectivity index (χ0v) is 26.4. The van der Waals surface area contributed by atoms with Gasteiger partial charge in [-0.3, -0.25) is 9.59 Å². The quantitative estimate of drug-likeness (QED) is 0.301. The third kappa shape index (κ3) is 6.14. The molecular weight excluding hydrogens is 672 g/mol. The molecule has 9 nitrogen and oxygen atoms in total. The van der Waals surface area contributed by atoms with Crippen molar-refractivity contribution in [2.75, 3.05) is 18.5 Å². The molecule has 4 rings (SSSR count). The number of sulfonamides is 1. The number of nitrogens with one attached hydrogen (secondary N) is 2. The minimum atomic E-state index is -6.43. The molecule has 2 amide bonds. The van der Waals surface area contributed by atoms with E-state index in [-0.39, 0.29) is 27.5 Å². The molecule has 0 aromatic heterocycles. The lowest BCUT2D eigenvalue weighted by Gasteiger charge is -2.39. The SMILES string of the molecule is CC(C)(C)C[C@H]1N(S(=O)(=O)C(F)(F)F)[C@H](C(=O)NCC[C@H](O)CO)[C@H](c2ccc(F)c(Cl)c2)[C@@]12C(=O)Nc1cc(Cl)c(F)cc12. The van der Waals surface area contributed by atoms with Crippen molar-refractivity contribution in [2.24, 2.45) is 5.41 Å². The molecule has 1 fully saturated rings. The minimum Gasteiger partial charge on any atom is -0.394 e. The molecule has 0 saturated carbocycles. The molecule has 2 aromatic rings. The number of nitrogens with zero attached hydrogens (tertiary/aromatic N) is 1. The Labute approximate surface area is 265 Å². The summed E-state index contributed by atoms with van der Waals surface area (Å²) in [5.74, 6) is -6.21. The zero-order chi connectivity index (χ0) is 33.9. The molecule has 2 aliphatic rings. The fourth-order valence-corrected chi connectivity index (χ4v) is 7.91. The number of fused-ring (bicyclic) bond motifs is 2. The Morgan fingerprint density at radius 1 is 1.11 bits per heavy atom. The van der Waals surface area contributed by atoms with E-state index >= 15 is 4.39 Å². The van der Waals surface area contributed by atoms with Crippen LogP contribution < -0.4 is 10.6 Å². The van der Waals surface area contributed by atoms with Crippen molar-refractivity contribution in [3.63, 3.8) is 0 Å². The van der Waals surface area contributed by atoms with Crippen molar-refractivity contribution in [3.8, 4) is 0 Å². The van der Waals surface area contributed by atoms with Gasteiger partial charge in [-0.25, -0.2) is 17.2 Å². The average Bonchev–Trinajstić information content (AvgIpc) is 3.36. The summed E-state index contributed by atoms with van der Waals surface area (Å²) in [7, 11) is -6.43. The highest BCUT2D eigenvalue weighted by molar-refractivity contribution is 7.90. The van der Waals surface area contributed by atoms with Crippen LogP contribution in [0, 0.1) is 17.0 Å². The van der Waals surface area contributed by atoms with Gasteiger partial charge < -0.3 is 20.8 Å². The topological polar surface area (TPSA) is 136 Å². The van der Waals surface area contributed by atoms with E-state index in [1.54, 1.807) is 20.8 Å². The smallest absolute Gasteiger partial charge is 0.394 e. The molecule has 2 aromatic carbocycles. The number of hydrogen-bond donors (Lipinski definition) is 4. The number of carbonyl (C=O) groups excluding carboxylic acids is 2. The van der Waals surface area contributed by atoms with E-state index in [2.05, 4.69) is 10.6 Å². The van der Waals surface area contributed by atoms with Crippen molar-refractivity contribution in [3.05, 3.63) is 63.1 Å². The first-order valence-corrected chi connectivity index (χ1v) is 15.8. The maximum atomic E-state index is 15.1. The maximum Gasteiger partial charge on any atom is 0.511 e. The maximum absolute atomic E-state index is 15.1. The van der Waals surface area contributed by atoms with Crippen LogP contribution in [0.1, 0.15) is 50.7 Å². The van der Waals surface area contributed by atoms with Gasteiger partial charge in [0.05, 0.1) is 22.8 Å². The Balaban J connectivity index is 2.14. The van der Waals surface area contributed by atoms with Crippen molar-refractivity contribution in [2.45, 2.75) is 68.6 Å². The number of carbonyl (C=O) groups is 2. The van der Waals surface area contributed by atoms with Gasteiger partial charge in [-0.15, -0.1) is 0 Å². The lowest BCUT2D eigenvalue weighted by molar-refractivity contribution is -0.125. The van der Waals surface area contributed by atoms with Gasteiger partial charge in [0.25, 0.3) is 0 Å². The van der Waals surface area contributed by atoms with Crippen LogP contribution in [-0.2, 0) is 25.0 Å². The van der Waals surface area contributed by atoms with Crippen LogP contribution in [-0.4, -0.2) is 71.6 Å². The van der Waals surface area contributed by atoms with E-state index in [9.17, 15) is 40.7 Å². The third-order valence-electron chi connectivity index (χ3n) is 7.98. The van der Waals surface area contributed by atoms with Gasteiger partial charge in [0.1, 0.15) is 23.1 Å². The molecule has 0 aliphatic carbocycles. The summed E-state index contributed by atoms with van der Waals surface area (Å²) in [5, 5.41) is 22.7. The van der Waals surface area contributed by atoms with Crippen molar-refractivity contribution in [1.82, 2.24) is 9.62 Å². The number of rotatable bonds is 8. The largest absolute Gasteiger partial charge is 0.511 e.